The molecule has 0 aliphatic carbocycles. The maximum Gasteiger partial charge on any atom is 0.240 e. The summed E-state index contributed by atoms with van der Waals surface area (Å²) in [6.45, 7) is 0.596. The molecule has 2 aromatic rings. The first kappa shape index (κ1) is 14.6. The van der Waals surface area contributed by atoms with Gasteiger partial charge in [-0.1, -0.05) is 41.9 Å². The third-order valence-corrected chi connectivity index (χ3v) is 5.30. The lowest BCUT2D eigenvalue weighted by molar-refractivity contribution is -0.125. The van der Waals surface area contributed by atoms with Gasteiger partial charge in [-0.3, -0.25) is 15.2 Å². The van der Waals surface area contributed by atoms with Gasteiger partial charge in [-0.25, -0.2) is 4.99 Å². The number of hydrogen-bond donors (Lipinski definition) is 1. The number of nitrogens with zero attached hydrogens (tertiary/aromatic N) is 2. The van der Waals surface area contributed by atoms with Crippen LogP contribution in [0.2, 0.25) is 5.02 Å². The molecule has 4 nitrogen and oxygen atoms in total. The van der Waals surface area contributed by atoms with Crippen LogP contribution in [-0.2, 0) is 11.3 Å². The molecule has 0 bridgehead atoms. The van der Waals surface area contributed by atoms with E-state index in [1.165, 1.54) is 0 Å². The summed E-state index contributed by atoms with van der Waals surface area (Å²) < 4.78 is 0. The molecule has 0 spiro atoms. The topological polar surface area (TPSA) is 44.7 Å². The van der Waals surface area contributed by atoms with E-state index in [1.54, 1.807) is 11.8 Å². The lowest BCUT2D eigenvalue weighted by atomic mass is 10.1. The Morgan fingerprint density at radius 1 is 1.26 bits per heavy atom. The van der Waals surface area contributed by atoms with Crippen molar-refractivity contribution in [3.05, 3.63) is 59.1 Å². The molecule has 4 rings (SSSR count). The molecule has 1 unspecified atom stereocenters. The van der Waals surface area contributed by atoms with Gasteiger partial charge in [0.1, 0.15) is 5.84 Å². The van der Waals surface area contributed by atoms with E-state index >= 15 is 0 Å². The fourth-order valence-electron chi connectivity index (χ4n) is 2.75. The van der Waals surface area contributed by atoms with E-state index in [2.05, 4.69) is 5.43 Å². The second-order valence-corrected chi connectivity index (χ2v) is 7.18. The highest BCUT2D eigenvalue weighted by atomic mass is 35.5. The summed E-state index contributed by atoms with van der Waals surface area (Å²) in [7, 11) is 0. The van der Waals surface area contributed by atoms with Crippen molar-refractivity contribution in [1.29, 1.82) is 0 Å². The Hall–Kier alpha value is -1.98. The molecule has 2 aromatic carbocycles. The van der Waals surface area contributed by atoms with Gasteiger partial charge in [-0.2, -0.15) is 0 Å². The monoisotopic (exact) mass is 343 g/mol. The van der Waals surface area contributed by atoms with Crippen LogP contribution in [0.3, 0.4) is 0 Å². The first-order valence-electron chi connectivity index (χ1n) is 7.35. The fraction of sp³-hybridized carbons (Fsp3) is 0.176. The highest BCUT2D eigenvalue weighted by Gasteiger charge is 2.35. The van der Waals surface area contributed by atoms with E-state index in [-0.39, 0.29) is 11.2 Å². The van der Waals surface area contributed by atoms with Crippen LogP contribution < -0.4 is 5.43 Å². The van der Waals surface area contributed by atoms with Crippen LogP contribution in [0.25, 0.3) is 0 Å². The van der Waals surface area contributed by atoms with Crippen LogP contribution in [0.1, 0.15) is 12.0 Å². The second-order valence-electron chi connectivity index (χ2n) is 5.50. The number of carbonyl (C=O) groups excluding carboxylic acids is 1. The standard InChI is InChI=1S/C17H14ClN3OS/c18-12-6-7-14-13(8-12)19-17-15(23-14)9-16(22)20-21(17)10-11-4-2-1-3-5-11/h1-8,15H,9-10H2,(H,20,22). The minimum Gasteiger partial charge on any atom is -0.273 e. The van der Waals surface area contributed by atoms with Crippen LogP contribution in [-0.4, -0.2) is 22.0 Å². The summed E-state index contributed by atoms with van der Waals surface area (Å²) in [5, 5.41) is 2.56. The number of nitrogens with one attached hydrogen (secondary N) is 1. The average molecular weight is 344 g/mol. The Bertz CT molecular complexity index is 794. The van der Waals surface area contributed by atoms with E-state index in [1.807, 2.05) is 53.5 Å². The van der Waals surface area contributed by atoms with Crippen LogP contribution in [0, 0.1) is 0 Å². The van der Waals surface area contributed by atoms with Crippen molar-refractivity contribution in [2.45, 2.75) is 23.1 Å². The summed E-state index contributed by atoms with van der Waals surface area (Å²) in [4.78, 5) is 17.9. The number of carbonyl (C=O) groups is 1. The molecule has 0 aromatic heterocycles. The number of rotatable bonds is 2. The second kappa shape index (κ2) is 5.91. The van der Waals surface area contributed by atoms with Crippen molar-refractivity contribution in [3.63, 3.8) is 0 Å². The molecule has 23 heavy (non-hydrogen) atoms. The van der Waals surface area contributed by atoms with E-state index < -0.39 is 0 Å². The number of hydrazine groups is 1. The molecule has 2 heterocycles. The molecular formula is C17H14ClN3OS. The van der Waals surface area contributed by atoms with E-state index in [0.29, 0.717) is 18.0 Å². The van der Waals surface area contributed by atoms with Gasteiger partial charge in [0.2, 0.25) is 5.91 Å². The lowest BCUT2D eigenvalue weighted by Crippen LogP contribution is -2.55. The summed E-state index contributed by atoms with van der Waals surface area (Å²) in [5.74, 6) is 0.906. The Balaban J connectivity index is 1.70. The Morgan fingerprint density at radius 2 is 2.09 bits per heavy atom. The number of aliphatic imine (C=N–C) groups is 1. The summed E-state index contributed by atoms with van der Waals surface area (Å²) >= 11 is 7.76. The molecule has 0 saturated carbocycles. The van der Waals surface area contributed by atoms with Gasteiger partial charge in [-0.15, -0.1) is 11.8 Å². The smallest absolute Gasteiger partial charge is 0.240 e. The van der Waals surface area contributed by atoms with Gasteiger partial charge >= 0.3 is 0 Å². The van der Waals surface area contributed by atoms with Gasteiger partial charge in [0.15, 0.2) is 0 Å². The Morgan fingerprint density at radius 3 is 2.91 bits per heavy atom. The molecule has 2 aliphatic heterocycles. The number of amides is 1. The highest BCUT2D eigenvalue weighted by molar-refractivity contribution is 8.01. The zero-order chi connectivity index (χ0) is 15.8. The largest absolute Gasteiger partial charge is 0.273 e. The predicted octanol–water partition coefficient (Wildman–Crippen LogP) is 3.78. The Kier molecular flexibility index (Phi) is 3.75. The Labute approximate surface area is 143 Å². The van der Waals surface area contributed by atoms with Crippen molar-refractivity contribution in [3.8, 4) is 0 Å². The minimum atomic E-state index is 0.0230. The summed E-state index contributed by atoms with van der Waals surface area (Å²) in [6.07, 6.45) is 0.441. The fourth-order valence-corrected chi connectivity index (χ4v) is 4.12. The zero-order valence-corrected chi connectivity index (χ0v) is 13.8. The lowest BCUT2D eigenvalue weighted by Gasteiger charge is -2.37. The number of halogens is 1. The van der Waals surface area contributed by atoms with Crippen molar-refractivity contribution in [2.24, 2.45) is 4.99 Å². The molecule has 1 atom stereocenters. The number of hydrogen-bond acceptors (Lipinski definition) is 4. The van der Waals surface area contributed by atoms with Gasteiger partial charge in [-0.05, 0) is 23.8 Å². The molecule has 0 radical (unpaired) electrons. The van der Waals surface area contributed by atoms with Gasteiger partial charge in [0.25, 0.3) is 0 Å². The molecule has 1 amide bonds. The first-order chi connectivity index (χ1) is 11.2. The van der Waals surface area contributed by atoms with E-state index in [0.717, 1.165) is 22.0 Å². The quantitative estimate of drug-likeness (QED) is 0.902. The molecule has 116 valence electrons. The van der Waals surface area contributed by atoms with Crippen LogP contribution >= 0.6 is 23.4 Å². The van der Waals surface area contributed by atoms with Crippen LogP contribution in [0.15, 0.2) is 58.4 Å². The van der Waals surface area contributed by atoms with Gasteiger partial charge in [0, 0.05) is 16.3 Å². The van der Waals surface area contributed by atoms with Crippen molar-refractivity contribution >= 4 is 40.8 Å². The van der Waals surface area contributed by atoms with Crippen molar-refractivity contribution in [1.82, 2.24) is 10.4 Å². The molecule has 1 saturated heterocycles. The molecule has 2 aliphatic rings. The molecule has 1 N–H and O–H groups in total. The molecule has 1 fully saturated rings. The van der Waals surface area contributed by atoms with Crippen LogP contribution in [0.5, 0.6) is 0 Å². The summed E-state index contributed by atoms with van der Waals surface area (Å²) in [5.41, 5.74) is 4.91. The SMILES string of the molecule is O=C1CC2Sc3ccc(Cl)cc3N=C2N(Cc2ccccc2)N1. The molecule has 6 heteroatoms. The maximum atomic E-state index is 12.0. The third kappa shape index (κ3) is 2.94. The zero-order valence-electron chi connectivity index (χ0n) is 12.2. The number of fused-ring (bicyclic) bond motifs is 2. The van der Waals surface area contributed by atoms with Crippen LogP contribution in [0.4, 0.5) is 5.69 Å². The van der Waals surface area contributed by atoms with Crippen molar-refractivity contribution in [2.75, 3.05) is 0 Å². The summed E-state index contributed by atoms with van der Waals surface area (Å²) in [6, 6.07) is 15.7. The minimum absolute atomic E-state index is 0.0230. The predicted molar refractivity (Wildman–Crippen MR) is 92.9 cm³/mol. The third-order valence-electron chi connectivity index (χ3n) is 3.80. The normalized spacial score (nSPS) is 19.5. The highest BCUT2D eigenvalue weighted by Crippen LogP contribution is 2.41. The molecular weight excluding hydrogens is 330 g/mol. The van der Waals surface area contributed by atoms with E-state index in [4.69, 9.17) is 16.6 Å². The average Bonchev–Trinajstić information content (AvgIpc) is 2.54. The number of amidine groups is 1. The first-order valence-corrected chi connectivity index (χ1v) is 8.60. The number of thioether (sulfide) groups is 1. The maximum absolute atomic E-state index is 12.0. The van der Waals surface area contributed by atoms with E-state index in [9.17, 15) is 4.79 Å². The van der Waals surface area contributed by atoms with Gasteiger partial charge in [0.05, 0.1) is 17.5 Å². The number of benzene rings is 2. The van der Waals surface area contributed by atoms with Gasteiger partial charge < -0.3 is 0 Å². The van der Waals surface area contributed by atoms with Crippen molar-refractivity contribution < 1.29 is 4.79 Å².